The van der Waals surface area contributed by atoms with Gasteiger partial charge in [0.1, 0.15) is 4.83 Å². The Labute approximate surface area is 173 Å². The van der Waals surface area contributed by atoms with Gasteiger partial charge in [-0.1, -0.05) is 18.2 Å². The van der Waals surface area contributed by atoms with Gasteiger partial charge in [0.15, 0.2) is 6.29 Å². The molecule has 1 aromatic carbocycles. The zero-order valence-corrected chi connectivity index (χ0v) is 17.7. The van der Waals surface area contributed by atoms with Crippen LogP contribution in [-0.2, 0) is 27.7 Å². The number of aliphatic hydroxyl groups is 2. The van der Waals surface area contributed by atoms with Gasteiger partial charge in [-0.2, -0.15) is 4.31 Å². The van der Waals surface area contributed by atoms with Crippen LogP contribution in [0.4, 0.5) is 0 Å². The summed E-state index contributed by atoms with van der Waals surface area (Å²) in [7, 11) is -3.61. The van der Waals surface area contributed by atoms with Crippen molar-refractivity contribution >= 4 is 31.6 Å². The number of ether oxygens (including phenoxy) is 1. The van der Waals surface area contributed by atoms with Crippen molar-refractivity contribution < 1.29 is 23.4 Å². The molecule has 29 heavy (non-hydrogen) atoms. The van der Waals surface area contributed by atoms with Crippen LogP contribution in [0.25, 0.3) is 10.2 Å². The summed E-state index contributed by atoms with van der Waals surface area (Å²) >= 11 is 1.53. The first kappa shape index (κ1) is 20.5. The summed E-state index contributed by atoms with van der Waals surface area (Å²) in [4.78, 5) is 1.28. The molecule has 7 nitrogen and oxygen atoms in total. The van der Waals surface area contributed by atoms with E-state index in [0.717, 1.165) is 27.0 Å². The molecule has 2 aromatic heterocycles. The van der Waals surface area contributed by atoms with Crippen LogP contribution in [-0.4, -0.2) is 60.1 Å². The lowest BCUT2D eigenvalue weighted by Gasteiger charge is -2.27. The molecule has 0 aliphatic carbocycles. The maximum absolute atomic E-state index is 13.2. The smallest absolute Gasteiger partial charge is 0.243 e. The summed E-state index contributed by atoms with van der Waals surface area (Å²) in [6.07, 6.45) is -0.999. The van der Waals surface area contributed by atoms with Crippen LogP contribution in [0.5, 0.6) is 0 Å². The topological polar surface area (TPSA) is 92.0 Å². The zero-order chi connectivity index (χ0) is 20.6. The molecule has 0 saturated carbocycles. The summed E-state index contributed by atoms with van der Waals surface area (Å²) in [5, 5.41) is 21.9. The van der Waals surface area contributed by atoms with E-state index in [9.17, 15) is 18.6 Å². The van der Waals surface area contributed by atoms with Gasteiger partial charge in [0.2, 0.25) is 10.0 Å². The highest BCUT2D eigenvalue weighted by Crippen LogP contribution is 2.33. The molecule has 0 spiro atoms. The highest BCUT2D eigenvalue weighted by Gasteiger charge is 2.29. The number of hydrogen-bond donors (Lipinski definition) is 2. The van der Waals surface area contributed by atoms with Crippen molar-refractivity contribution in [2.24, 2.45) is 0 Å². The molecular weight excluding hydrogens is 412 g/mol. The zero-order valence-electron chi connectivity index (χ0n) is 16.1. The molecule has 1 aliphatic heterocycles. The van der Waals surface area contributed by atoms with Crippen molar-refractivity contribution in [1.29, 1.82) is 0 Å². The molecule has 2 N–H and O–H groups in total. The average molecular weight is 437 g/mol. The number of thiophene rings is 1. The standard InChI is InChI=1S/C20H24N2O5S2/c1-14-17(16-6-11-28-20(16)22(14)13-19(23)24)12-15-4-2-3-5-18(15)29(25,26)21-7-9-27-10-8-21/h2-6,11,19,23-24H,7-10,12-13H2,1H3. The van der Waals surface area contributed by atoms with Crippen LogP contribution in [0.3, 0.4) is 0 Å². The lowest BCUT2D eigenvalue weighted by molar-refractivity contribution is -0.0507. The second kappa shape index (κ2) is 8.17. The molecule has 3 heterocycles. The number of hydrogen-bond acceptors (Lipinski definition) is 6. The number of benzene rings is 1. The van der Waals surface area contributed by atoms with Gasteiger partial charge in [0, 0.05) is 30.6 Å². The fourth-order valence-corrected chi connectivity index (χ4v) is 6.49. The molecule has 3 aromatic rings. The molecule has 1 saturated heterocycles. The molecule has 0 bridgehead atoms. The van der Waals surface area contributed by atoms with Gasteiger partial charge in [-0.05, 0) is 35.6 Å². The summed E-state index contributed by atoms with van der Waals surface area (Å²) in [6.45, 7) is 3.54. The molecule has 0 amide bonds. The Bertz CT molecular complexity index is 1110. The quantitative estimate of drug-likeness (QED) is 0.576. The third kappa shape index (κ3) is 3.86. The minimum absolute atomic E-state index is 0.0799. The third-order valence-electron chi connectivity index (χ3n) is 5.33. The van der Waals surface area contributed by atoms with Gasteiger partial charge < -0.3 is 19.5 Å². The van der Waals surface area contributed by atoms with Gasteiger partial charge in [0.05, 0.1) is 24.7 Å². The van der Waals surface area contributed by atoms with Gasteiger partial charge in [-0.15, -0.1) is 11.3 Å². The Morgan fingerprint density at radius 2 is 1.90 bits per heavy atom. The van der Waals surface area contributed by atoms with Crippen LogP contribution in [0, 0.1) is 6.92 Å². The number of fused-ring (bicyclic) bond motifs is 1. The van der Waals surface area contributed by atoms with E-state index in [0.29, 0.717) is 37.6 Å². The second-order valence-electron chi connectivity index (χ2n) is 7.10. The summed E-state index contributed by atoms with van der Waals surface area (Å²) in [5.41, 5.74) is 2.65. The maximum Gasteiger partial charge on any atom is 0.243 e. The fourth-order valence-electron chi connectivity index (χ4n) is 3.87. The average Bonchev–Trinajstić information content (AvgIpc) is 3.27. The van der Waals surface area contributed by atoms with Crippen LogP contribution in [0.1, 0.15) is 16.8 Å². The number of aliphatic hydroxyl groups excluding tert-OH is 1. The first-order valence-electron chi connectivity index (χ1n) is 9.46. The minimum atomic E-state index is -3.61. The highest BCUT2D eigenvalue weighted by molar-refractivity contribution is 7.89. The summed E-state index contributed by atoms with van der Waals surface area (Å²) in [6, 6.07) is 9.11. The number of aromatic nitrogens is 1. The van der Waals surface area contributed by atoms with Gasteiger partial charge in [-0.3, -0.25) is 0 Å². The van der Waals surface area contributed by atoms with Crippen molar-refractivity contribution in [1.82, 2.24) is 8.87 Å². The number of sulfonamides is 1. The van der Waals surface area contributed by atoms with E-state index in [2.05, 4.69) is 0 Å². The molecule has 1 aliphatic rings. The monoisotopic (exact) mass is 436 g/mol. The molecule has 0 atom stereocenters. The van der Waals surface area contributed by atoms with E-state index in [4.69, 9.17) is 4.74 Å². The lowest BCUT2D eigenvalue weighted by Crippen LogP contribution is -2.40. The van der Waals surface area contributed by atoms with E-state index in [1.807, 2.05) is 35.1 Å². The van der Waals surface area contributed by atoms with Crippen LogP contribution < -0.4 is 0 Å². The van der Waals surface area contributed by atoms with Gasteiger partial charge in [-0.25, -0.2) is 8.42 Å². The normalized spacial score (nSPS) is 16.1. The number of nitrogens with zero attached hydrogens (tertiary/aromatic N) is 2. The minimum Gasteiger partial charge on any atom is -0.379 e. The first-order valence-corrected chi connectivity index (χ1v) is 11.8. The summed E-state index contributed by atoms with van der Waals surface area (Å²) in [5.74, 6) is 0. The molecule has 4 rings (SSSR count). The summed E-state index contributed by atoms with van der Waals surface area (Å²) < 4.78 is 35.2. The van der Waals surface area contributed by atoms with E-state index < -0.39 is 16.3 Å². The van der Waals surface area contributed by atoms with Crippen molar-refractivity contribution in [3.8, 4) is 0 Å². The van der Waals surface area contributed by atoms with Gasteiger partial charge >= 0.3 is 0 Å². The predicted molar refractivity (Wildman–Crippen MR) is 112 cm³/mol. The Kier molecular flexibility index (Phi) is 5.78. The van der Waals surface area contributed by atoms with Crippen LogP contribution in [0.2, 0.25) is 0 Å². The van der Waals surface area contributed by atoms with Crippen LogP contribution >= 0.6 is 11.3 Å². The number of rotatable bonds is 6. The van der Waals surface area contributed by atoms with E-state index >= 15 is 0 Å². The van der Waals surface area contributed by atoms with Crippen molar-refractivity contribution in [3.05, 3.63) is 52.5 Å². The molecule has 0 radical (unpaired) electrons. The largest absolute Gasteiger partial charge is 0.379 e. The van der Waals surface area contributed by atoms with Crippen molar-refractivity contribution in [2.45, 2.75) is 31.1 Å². The SMILES string of the molecule is Cc1c(Cc2ccccc2S(=O)(=O)N2CCOCC2)c2ccsc2n1CC(O)O. The molecule has 156 valence electrons. The molecule has 0 unspecified atom stereocenters. The van der Waals surface area contributed by atoms with Crippen molar-refractivity contribution in [3.63, 3.8) is 0 Å². The van der Waals surface area contributed by atoms with Crippen LogP contribution in [0.15, 0.2) is 40.6 Å². The van der Waals surface area contributed by atoms with Crippen molar-refractivity contribution in [2.75, 3.05) is 26.3 Å². The Hall–Kier alpha value is -1.75. The molecular formula is C20H24N2O5S2. The van der Waals surface area contributed by atoms with E-state index in [1.165, 1.54) is 15.6 Å². The maximum atomic E-state index is 13.2. The first-order chi connectivity index (χ1) is 13.9. The highest BCUT2D eigenvalue weighted by atomic mass is 32.2. The van der Waals surface area contributed by atoms with E-state index in [-0.39, 0.29) is 6.54 Å². The predicted octanol–water partition coefficient (Wildman–Crippen LogP) is 1.93. The third-order valence-corrected chi connectivity index (χ3v) is 8.27. The lowest BCUT2D eigenvalue weighted by atomic mass is 10.0. The molecule has 1 fully saturated rings. The fraction of sp³-hybridized carbons (Fsp3) is 0.400. The molecule has 9 heteroatoms. The second-order valence-corrected chi connectivity index (χ2v) is 9.90. The Balaban J connectivity index is 1.75. The Morgan fingerprint density at radius 1 is 1.17 bits per heavy atom. The number of morpholine rings is 1. The van der Waals surface area contributed by atoms with E-state index in [1.54, 1.807) is 12.1 Å². The Morgan fingerprint density at radius 3 is 2.62 bits per heavy atom. The van der Waals surface area contributed by atoms with Gasteiger partial charge in [0.25, 0.3) is 0 Å².